The van der Waals surface area contributed by atoms with E-state index in [-0.39, 0.29) is 11.9 Å². The third-order valence-electron chi connectivity index (χ3n) is 2.94. The lowest BCUT2D eigenvalue weighted by Gasteiger charge is -2.15. The molecule has 0 aliphatic carbocycles. The number of H-pyrrole nitrogens is 1. The molecular weight excluding hydrogens is 322 g/mol. The predicted octanol–water partition coefficient (Wildman–Crippen LogP) is 3.35. The summed E-state index contributed by atoms with van der Waals surface area (Å²) in [6, 6.07) is 8.35. The number of amides is 1. The number of aromatic nitrogens is 2. The maximum Gasteiger partial charge on any atom is 0.230 e. The normalized spacial score (nSPS) is 12.1. The van der Waals surface area contributed by atoms with Crippen molar-refractivity contribution in [1.82, 2.24) is 15.5 Å². The third-order valence-corrected chi connectivity index (χ3v) is 5.17. The van der Waals surface area contributed by atoms with Crippen LogP contribution in [-0.2, 0) is 11.2 Å². The molecule has 0 saturated carbocycles. The zero-order chi connectivity index (χ0) is 15.2. The van der Waals surface area contributed by atoms with Crippen LogP contribution >= 0.6 is 35.3 Å². The van der Waals surface area contributed by atoms with Gasteiger partial charge in [-0.15, -0.1) is 0 Å². The average Bonchev–Trinajstić information content (AvgIpc) is 2.85. The van der Waals surface area contributed by atoms with Crippen LogP contribution in [0.5, 0.6) is 0 Å². The molecule has 7 heteroatoms. The Morgan fingerprint density at radius 2 is 2.29 bits per heavy atom. The number of carbonyl (C=O) groups excluding carboxylic acids is 1. The molecule has 4 nitrogen and oxygen atoms in total. The molecule has 0 aliphatic rings. The number of benzene rings is 1. The van der Waals surface area contributed by atoms with Crippen LogP contribution in [0.25, 0.3) is 0 Å². The van der Waals surface area contributed by atoms with E-state index in [4.69, 9.17) is 12.2 Å². The molecule has 2 N–H and O–H groups in total. The standard InChI is InChI=1S/C14H17N3OS3/c1-9-5-3-4-6-11(9)7-10(2)15-12(18)8-20-14-17-16-13(19)21-14/h3-6,10H,7-8H2,1-2H3,(H,15,18)(H,16,19)/t10-/m1/s1. The molecule has 0 radical (unpaired) electrons. The minimum Gasteiger partial charge on any atom is -0.353 e. The number of aromatic amines is 1. The van der Waals surface area contributed by atoms with Crippen LogP contribution in [-0.4, -0.2) is 27.9 Å². The number of nitrogens with zero attached hydrogens (tertiary/aromatic N) is 1. The molecule has 1 heterocycles. The van der Waals surface area contributed by atoms with Gasteiger partial charge in [0.05, 0.1) is 5.75 Å². The van der Waals surface area contributed by atoms with Crippen molar-refractivity contribution in [2.45, 2.75) is 30.6 Å². The topological polar surface area (TPSA) is 57.8 Å². The Morgan fingerprint density at radius 1 is 1.52 bits per heavy atom. The number of rotatable bonds is 6. The van der Waals surface area contributed by atoms with Crippen molar-refractivity contribution >= 4 is 41.2 Å². The van der Waals surface area contributed by atoms with Crippen molar-refractivity contribution in [3.8, 4) is 0 Å². The molecule has 0 aliphatic heterocycles. The molecule has 0 fully saturated rings. The summed E-state index contributed by atoms with van der Waals surface area (Å²) < 4.78 is 1.42. The highest BCUT2D eigenvalue weighted by molar-refractivity contribution is 8.01. The lowest BCUT2D eigenvalue weighted by Crippen LogP contribution is -2.35. The molecule has 0 bridgehead atoms. The van der Waals surface area contributed by atoms with Gasteiger partial charge in [0.15, 0.2) is 8.29 Å². The fourth-order valence-electron chi connectivity index (χ4n) is 1.94. The third kappa shape index (κ3) is 5.26. The zero-order valence-corrected chi connectivity index (χ0v) is 14.3. The summed E-state index contributed by atoms with van der Waals surface area (Å²) >= 11 is 7.74. The lowest BCUT2D eigenvalue weighted by atomic mass is 10.0. The van der Waals surface area contributed by atoms with Gasteiger partial charge in [0.2, 0.25) is 5.91 Å². The van der Waals surface area contributed by atoms with E-state index in [1.165, 1.54) is 34.2 Å². The molecule has 1 aromatic heterocycles. The van der Waals surface area contributed by atoms with Crippen LogP contribution < -0.4 is 5.32 Å². The molecule has 0 saturated heterocycles. The van der Waals surface area contributed by atoms with Gasteiger partial charge in [0.25, 0.3) is 0 Å². The minimum absolute atomic E-state index is 0.0159. The van der Waals surface area contributed by atoms with E-state index in [1.807, 2.05) is 19.1 Å². The van der Waals surface area contributed by atoms with Gasteiger partial charge in [-0.25, -0.2) is 0 Å². The first-order chi connectivity index (χ1) is 10.0. The molecule has 1 amide bonds. The highest BCUT2D eigenvalue weighted by Gasteiger charge is 2.10. The summed E-state index contributed by atoms with van der Waals surface area (Å²) in [5.41, 5.74) is 2.52. The van der Waals surface area contributed by atoms with Gasteiger partial charge in [-0.1, -0.05) is 47.4 Å². The molecular formula is C14H17N3OS3. The van der Waals surface area contributed by atoms with Gasteiger partial charge in [-0.3, -0.25) is 9.89 Å². The largest absolute Gasteiger partial charge is 0.353 e. The van der Waals surface area contributed by atoms with Crippen molar-refractivity contribution in [3.05, 3.63) is 39.3 Å². The minimum atomic E-state index is 0.0159. The Morgan fingerprint density at radius 3 is 2.95 bits per heavy atom. The SMILES string of the molecule is Cc1ccccc1C[C@@H](C)NC(=O)CSc1n[nH]c(=S)s1. The van der Waals surface area contributed by atoms with Crippen molar-refractivity contribution in [2.24, 2.45) is 0 Å². The predicted molar refractivity (Wildman–Crippen MR) is 90.5 cm³/mol. The number of thioether (sulfide) groups is 1. The van der Waals surface area contributed by atoms with Crippen molar-refractivity contribution in [1.29, 1.82) is 0 Å². The van der Waals surface area contributed by atoms with E-state index < -0.39 is 0 Å². The van der Waals surface area contributed by atoms with Gasteiger partial charge >= 0.3 is 0 Å². The summed E-state index contributed by atoms with van der Waals surface area (Å²) in [6.07, 6.45) is 0.838. The molecule has 112 valence electrons. The van der Waals surface area contributed by atoms with Gasteiger partial charge in [0, 0.05) is 6.04 Å². The molecule has 2 aromatic rings. The first-order valence-corrected chi connectivity index (χ1v) is 8.78. The van der Waals surface area contributed by atoms with Crippen molar-refractivity contribution in [2.75, 3.05) is 5.75 Å². The lowest BCUT2D eigenvalue weighted by molar-refractivity contribution is -0.119. The number of carbonyl (C=O) groups is 1. The van der Waals surface area contributed by atoms with Gasteiger partial charge < -0.3 is 5.32 Å². The first-order valence-electron chi connectivity index (χ1n) is 6.57. The summed E-state index contributed by atoms with van der Waals surface area (Å²) in [7, 11) is 0. The average molecular weight is 340 g/mol. The van der Waals surface area contributed by atoms with E-state index in [0.717, 1.165) is 10.8 Å². The quantitative estimate of drug-likeness (QED) is 0.626. The smallest absolute Gasteiger partial charge is 0.230 e. The molecule has 21 heavy (non-hydrogen) atoms. The highest BCUT2D eigenvalue weighted by atomic mass is 32.2. The first kappa shape index (κ1) is 16.2. The maximum absolute atomic E-state index is 11.9. The second-order valence-electron chi connectivity index (χ2n) is 4.77. The molecule has 0 spiro atoms. The number of aryl methyl sites for hydroxylation is 1. The van der Waals surface area contributed by atoms with E-state index in [2.05, 4.69) is 34.6 Å². The zero-order valence-electron chi connectivity index (χ0n) is 11.9. The summed E-state index contributed by atoms with van der Waals surface area (Å²) in [4.78, 5) is 11.9. The van der Waals surface area contributed by atoms with Crippen molar-refractivity contribution < 1.29 is 4.79 Å². The Balaban J connectivity index is 1.79. The van der Waals surface area contributed by atoms with Gasteiger partial charge in [0.1, 0.15) is 0 Å². The molecule has 1 atom stereocenters. The Labute approximate surface area is 137 Å². The van der Waals surface area contributed by atoms with Crippen LogP contribution in [0, 0.1) is 10.9 Å². The van der Waals surface area contributed by atoms with Crippen molar-refractivity contribution in [3.63, 3.8) is 0 Å². The van der Waals surface area contributed by atoms with Gasteiger partial charge in [-0.2, -0.15) is 5.10 Å². The number of hydrogen-bond acceptors (Lipinski definition) is 5. The Bertz CT molecular complexity index is 665. The molecule has 0 unspecified atom stereocenters. The number of hydrogen-bond donors (Lipinski definition) is 2. The van der Waals surface area contributed by atoms with E-state index in [0.29, 0.717) is 9.71 Å². The second-order valence-corrected chi connectivity index (χ2v) is 7.66. The fourth-order valence-corrected chi connectivity index (χ4v) is 3.83. The van der Waals surface area contributed by atoms with Crippen LogP contribution in [0.2, 0.25) is 0 Å². The van der Waals surface area contributed by atoms with Crippen LogP contribution in [0.15, 0.2) is 28.6 Å². The molecule has 1 aromatic carbocycles. The monoisotopic (exact) mass is 339 g/mol. The fraction of sp³-hybridized carbons (Fsp3) is 0.357. The van der Waals surface area contributed by atoms with Crippen LogP contribution in [0.4, 0.5) is 0 Å². The Hall–Kier alpha value is -1.18. The van der Waals surface area contributed by atoms with E-state index in [1.54, 1.807) is 0 Å². The Kier molecular flexibility index (Phi) is 5.96. The van der Waals surface area contributed by atoms with E-state index >= 15 is 0 Å². The van der Waals surface area contributed by atoms with Crippen LogP contribution in [0.3, 0.4) is 0 Å². The summed E-state index contributed by atoms with van der Waals surface area (Å²) in [5, 5.41) is 9.73. The molecule has 2 rings (SSSR count). The second kappa shape index (κ2) is 7.72. The summed E-state index contributed by atoms with van der Waals surface area (Å²) in [6.45, 7) is 4.11. The number of nitrogens with one attached hydrogen (secondary N) is 2. The van der Waals surface area contributed by atoms with Crippen LogP contribution in [0.1, 0.15) is 18.1 Å². The maximum atomic E-state index is 11.9. The van der Waals surface area contributed by atoms with Gasteiger partial charge in [-0.05, 0) is 43.6 Å². The summed E-state index contributed by atoms with van der Waals surface area (Å²) in [5.74, 6) is 0.371. The van der Waals surface area contributed by atoms with E-state index in [9.17, 15) is 4.79 Å². The highest BCUT2D eigenvalue weighted by Crippen LogP contribution is 2.19.